The van der Waals surface area contributed by atoms with Crippen molar-refractivity contribution in [3.63, 3.8) is 0 Å². The minimum absolute atomic E-state index is 0.189. The van der Waals surface area contributed by atoms with Crippen LogP contribution in [0, 0.1) is 6.92 Å². The van der Waals surface area contributed by atoms with Gasteiger partial charge in [-0.15, -0.1) is 0 Å². The molecule has 3 aromatic carbocycles. The number of rotatable bonds is 9. The highest BCUT2D eigenvalue weighted by atomic mass is 35.5. The van der Waals surface area contributed by atoms with Crippen LogP contribution >= 0.6 is 11.6 Å². The number of hydrazone groups is 1. The van der Waals surface area contributed by atoms with Crippen molar-refractivity contribution in [1.29, 1.82) is 0 Å². The highest BCUT2D eigenvalue weighted by Crippen LogP contribution is 2.28. The van der Waals surface area contributed by atoms with E-state index in [0.29, 0.717) is 34.3 Å². The van der Waals surface area contributed by atoms with Gasteiger partial charge in [0.2, 0.25) is 0 Å². The van der Waals surface area contributed by atoms with E-state index in [0.717, 1.165) is 11.1 Å². The van der Waals surface area contributed by atoms with Crippen molar-refractivity contribution in [2.75, 3.05) is 13.7 Å². The molecule has 2 N–H and O–H groups in total. The van der Waals surface area contributed by atoms with E-state index >= 15 is 0 Å². The first-order chi connectivity index (χ1) is 16.0. The van der Waals surface area contributed by atoms with Crippen molar-refractivity contribution in [2.45, 2.75) is 13.5 Å². The molecule has 0 saturated heterocycles. The summed E-state index contributed by atoms with van der Waals surface area (Å²) >= 11 is 5.90. The number of nitrogens with zero attached hydrogens (tertiary/aromatic N) is 1. The molecule has 0 aromatic heterocycles. The highest BCUT2D eigenvalue weighted by molar-refractivity contribution is 6.30. The van der Waals surface area contributed by atoms with E-state index in [1.165, 1.54) is 6.21 Å². The molecule has 0 aliphatic rings. The van der Waals surface area contributed by atoms with Gasteiger partial charge in [-0.1, -0.05) is 41.9 Å². The van der Waals surface area contributed by atoms with Gasteiger partial charge in [0.15, 0.2) is 11.5 Å². The Morgan fingerprint density at radius 1 is 1.03 bits per heavy atom. The first-order valence-electron chi connectivity index (χ1n) is 10.2. The molecule has 0 spiro atoms. The third-order valence-electron chi connectivity index (χ3n) is 4.70. The molecular formula is C25H24ClN3O4. The molecule has 0 unspecified atom stereocenters. The minimum Gasteiger partial charge on any atom is -0.493 e. The molecule has 0 aliphatic carbocycles. The van der Waals surface area contributed by atoms with Crippen molar-refractivity contribution in [3.05, 3.63) is 94.0 Å². The summed E-state index contributed by atoms with van der Waals surface area (Å²) in [5.41, 5.74) is 5.43. The Labute approximate surface area is 197 Å². The molecule has 8 heteroatoms. The van der Waals surface area contributed by atoms with E-state index in [1.54, 1.807) is 49.6 Å². The highest BCUT2D eigenvalue weighted by Gasteiger charge is 2.10. The van der Waals surface area contributed by atoms with Crippen LogP contribution in [-0.4, -0.2) is 31.7 Å². The minimum atomic E-state index is -0.442. The third kappa shape index (κ3) is 7.08. The van der Waals surface area contributed by atoms with E-state index in [2.05, 4.69) is 15.8 Å². The summed E-state index contributed by atoms with van der Waals surface area (Å²) in [5, 5.41) is 7.18. The third-order valence-corrected chi connectivity index (χ3v) is 4.95. The normalized spacial score (nSPS) is 10.6. The number of hydrogen-bond donors (Lipinski definition) is 2. The quantitative estimate of drug-likeness (QED) is 0.367. The summed E-state index contributed by atoms with van der Waals surface area (Å²) in [6.45, 7) is 2.01. The summed E-state index contributed by atoms with van der Waals surface area (Å²) in [7, 11) is 1.55. The van der Waals surface area contributed by atoms with Crippen LogP contribution in [-0.2, 0) is 11.4 Å². The zero-order chi connectivity index (χ0) is 23.6. The van der Waals surface area contributed by atoms with Crippen LogP contribution in [0.2, 0.25) is 5.02 Å². The van der Waals surface area contributed by atoms with Crippen LogP contribution in [0.5, 0.6) is 11.5 Å². The lowest BCUT2D eigenvalue weighted by Gasteiger charge is -2.11. The lowest BCUT2D eigenvalue weighted by molar-refractivity contribution is -0.120. The second-order valence-electron chi connectivity index (χ2n) is 7.12. The maximum absolute atomic E-state index is 12.2. The average molecular weight is 466 g/mol. The summed E-state index contributed by atoms with van der Waals surface area (Å²) in [6.07, 6.45) is 1.48. The van der Waals surface area contributed by atoms with Crippen LogP contribution in [0.3, 0.4) is 0 Å². The molecule has 170 valence electrons. The number of nitrogens with one attached hydrogen (secondary N) is 2. The number of benzene rings is 3. The first-order valence-corrected chi connectivity index (χ1v) is 10.5. The Kier molecular flexibility index (Phi) is 8.43. The summed E-state index contributed by atoms with van der Waals surface area (Å²) < 4.78 is 11.2. The van der Waals surface area contributed by atoms with Gasteiger partial charge in [0.05, 0.1) is 19.9 Å². The van der Waals surface area contributed by atoms with E-state index in [1.807, 2.05) is 31.2 Å². The molecule has 0 heterocycles. The van der Waals surface area contributed by atoms with Crippen LogP contribution < -0.4 is 20.2 Å². The fourth-order valence-electron chi connectivity index (χ4n) is 2.93. The molecule has 0 fully saturated rings. The standard InChI is InChI=1S/C25H24ClN3O4/c1-17-5-3-4-6-21(17)25(31)27-15-24(30)29-28-14-19-9-12-22(23(13-19)32-2)33-16-18-7-10-20(26)11-8-18/h3-14H,15-16H2,1-2H3,(H,27,31)(H,29,30)/b28-14+. The number of carbonyl (C=O) groups excluding carboxylic acids is 2. The number of methoxy groups -OCH3 is 1. The number of halogens is 1. The van der Waals surface area contributed by atoms with E-state index in [9.17, 15) is 9.59 Å². The van der Waals surface area contributed by atoms with Gasteiger partial charge in [-0.3, -0.25) is 9.59 Å². The monoisotopic (exact) mass is 465 g/mol. The van der Waals surface area contributed by atoms with Crippen molar-refractivity contribution < 1.29 is 19.1 Å². The van der Waals surface area contributed by atoms with E-state index in [-0.39, 0.29) is 12.5 Å². The summed E-state index contributed by atoms with van der Waals surface area (Å²) in [5.74, 6) is 0.353. The second kappa shape index (κ2) is 11.7. The molecule has 0 aliphatic heterocycles. The molecule has 3 rings (SSSR count). The van der Waals surface area contributed by atoms with Gasteiger partial charge >= 0.3 is 0 Å². The van der Waals surface area contributed by atoms with Gasteiger partial charge in [0.1, 0.15) is 6.61 Å². The first kappa shape index (κ1) is 23.8. The van der Waals surface area contributed by atoms with Gasteiger partial charge in [-0.2, -0.15) is 5.10 Å². The number of carbonyl (C=O) groups is 2. The van der Waals surface area contributed by atoms with E-state index < -0.39 is 5.91 Å². The summed E-state index contributed by atoms with van der Waals surface area (Å²) in [4.78, 5) is 24.1. The van der Waals surface area contributed by atoms with Crippen LogP contribution in [0.15, 0.2) is 71.8 Å². The van der Waals surface area contributed by atoms with Gasteiger partial charge in [0.25, 0.3) is 11.8 Å². The Bertz CT molecular complexity index is 1150. The Hall–Kier alpha value is -3.84. The molecule has 33 heavy (non-hydrogen) atoms. The number of aryl methyl sites for hydroxylation is 1. The molecule has 0 atom stereocenters. The van der Waals surface area contributed by atoms with Crippen LogP contribution in [0.25, 0.3) is 0 Å². The molecule has 7 nitrogen and oxygen atoms in total. The van der Waals surface area contributed by atoms with Crippen LogP contribution in [0.1, 0.15) is 27.0 Å². The average Bonchev–Trinajstić information content (AvgIpc) is 2.83. The molecule has 0 saturated carbocycles. The fraction of sp³-hybridized carbons (Fsp3) is 0.160. The maximum atomic E-state index is 12.2. The van der Waals surface area contributed by atoms with Crippen LogP contribution in [0.4, 0.5) is 0 Å². The molecule has 0 bridgehead atoms. The number of hydrogen-bond acceptors (Lipinski definition) is 5. The van der Waals surface area contributed by atoms with Gasteiger partial charge < -0.3 is 14.8 Å². The Morgan fingerprint density at radius 2 is 1.79 bits per heavy atom. The van der Waals surface area contributed by atoms with Crippen molar-refractivity contribution in [1.82, 2.24) is 10.7 Å². The molecular weight excluding hydrogens is 442 g/mol. The van der Waals surface area contributed by atoms with Gasteiger partial charge in [-0.05, 0) is 60.0 Å². The van der Waals surface area contributed by atoms with Gasteiger partial charge in [-0.25, -0.2) is 5.43 Å². The van der Waals surface area contributed by atoms with Crippen molar-refractivity contribution >= 4 is 29.6 Å². The van der Waals surface area contributed by atoms with Gasteiger partial charge in [0, 0.05) is 10.6 Å². The zero-order valence-corrected chi connectivity index (χ0v) is 19.1. The molecule has 3 aromatic rings. The lowest BCUT2D eigenvalue weighted by atomic mass is 10.1. The lowest BCUT2D eigenvalue weighted by Crippen LogP contribution is -2.35. The second-order valence-corrected chi connectivity index (χ2v) is 7.55. The zero-order valence-electron chi connectivity index (χ0n) is 18.3. The predicted molar refractivity (Wildman–Crippen MR) is 128 cm³/mol. The summed E-state index contributed by atoms with van der Waals surface area (Å²) in [6, 6.07) is 19.8. The Morgan fingerprint density at radius 3 is 2.52 bits per heavy atom. The van der Waals surface area contributed by atoms with E-state index in [4.69, 9.17) is 21.1 Å². The van der Waals surface area contributed by atoms with Crippen molar-refractivity contribution in [3.8, 4) is 11.5 Å². The fourth-order valence-corrected chi connectivity index (χ4v) is 3.05. The SMILES string of the molecule is COc1cc(/C=N/NC(=O)CNC(=O)c2ccccc2C)ccc1OCc1ccc(Cl)cc1. The predicted octanol–water partition coefficient (Wildman–Crippen LogP) is 4.12. The number of ether oxygens (including phenoxy) is 2. The topological polar surface area (TPSA) is 89.0 Å². The number of amides is 2. The molecule has 0 radical (unpaired) electrons. The molecule has 2 amide bonds. The maximum Gasteiger partial charge on any atom is 0.259 e. The Balaban J connectivity index is 1.50. The smallest absolute Gasteiger partial charge is 0.259 e. The largest absolute Gasteiger partial charge is 0.493 e. The van der Waals surface area contributed by atoms with Crippen molar-refractivity contribution in [2.24, 2.45) is 5.10 Å².